The molecule has 112 valence electrons. The van der Waals surface area contributed by atoms with Crippen molar-refractivity contribution >= 4 is 11.5 Å². The van der Waals surface area contributed by atoms with Crippen molar-refractivity contribution in [2.75, 3.05) is 24.3 Å². The first kappa shape index (κ1) is 15.1. The highest BCUT2D eigenvalue weighted by Crippen LogP contribution is 2.25. The van der Waals surface area contributed by atoms with Gasteiger partial charge in [0.1, 0.15) is 0 Å². The molecule has 0 saturated heterocycles. The molecule has 0 fully saturated rings. The van der Waals surface area contributed by atoms with Crippen LogP contribution in [0.4, 0.5) is 11.5 Å². The molecule has 2 N–H and O–H groups in total. The van der Waals surface area contributed by atoms with E-state index in [2.05, 4.69) is 34.8 Å². The predicted molar refractivity (Wildman–Crippen MR) is 85.5 cm³/mol. The lowest BCUT2D eigenvalue weighted by molar-refractivity contribution is 0.304. The lowest BCUT2D eigenvalue weighted by atomic mass is 10.1. The second kappa shape index (κ2) is 6.92. The van der Waals surface area contributed by atoms with E-state index in [9.17, 15) is 0 Å². The van der Waals surface area contributed by atoms with E-state index in [1.54, 1.807) is 12.4 Å². The second-order valence-corrected chi connectivity index (χ2v) is 5.02. The molecule has 0 aliphatic heterocycles. The van der Waals surface area contributed by atoms with E-state index in [1.807, 2.05) is 25.2 Å². The molecule has 0 spiro atoms. The minimum absolute atomic E-state index is 0.143. The summed E-state index contributed by atoms with van der Waals surface area (Å²) in [5, 5.41) is 0. The summed E-state index contributed by atoms with van der Waals surface area (Å²) in [5.74, 6) is 1.33. The fourth-order valence-corrected chi connectivity index (χ4v) is 2.03. The number of benzene rings is 1. The Kier molecular flexibility index (Phi) is 4.98. The van der Waals surface area contributed by atoms with Crippen molar-refractivity contribution in [3.05, 3.63) is 42.2 Å². The number of ether oxygens (including phenoxy) is 1. The van der Waals surface area contributed by atoms with Crippen LogP contribution in [0.5, 0.6) is 5.88 Å². The molecule has 0 aliphatic rings. The maximum absolute atomic E-state index is 5.85. The van der Waals surface area contributed by atoms with Gasteiger partial charge in [-0.3, -0.25) is 4.98 Å². The molecule has 1 heterocycles. The van der Waals surface area contributed by atoms with Crippen LogP contribution in [-0.4, -0.2) is 23.6 Å². The van der Waals surface area contributed by atoms with E-state index in [0.29, 0.717) is 12.5 Å². The van der Waals surface area contributed by atoms with Crippen LogP contribution in [0.1, 0.15) is 31.9 Å². The molecule has 0 saturated carbocycles. The third kappa shape index (κ3) is 3.84. The van der Waals surface area contributed by atoms with Crippen molar-refractivity contribution < 1.29 is 4.74 Å². The Morgan fingerprint density at radius 1 is 1.33 bits per heavy atom. The summed E-state index contributed by atoms with van der Waals surface area (Å²) in [6.45, 7) is 4.81. The van der Waals surface area contributed by atoms with E-state index in [1.165, 1.54) is 0 Å². The first-order chi connectivity index (χ1) is 10.1. The number of aromatic nitrogens is 2. The minimum atomic E-state index is 0.143. The van der Waals surface area contributed by atoms with Gasteiger partial charge in [0.25, 0.3) is 0 Å². The molecule has 0 bridgehead atoms. The number of rotatable bonds is 6. The summed E-state index contributed by atoms with van der Waals surface area (Å²) in [5.41, 5.74) is 7.75. The van der Waals surface area contributed by atoms with Crippen molar-refractivity contribution in [3.63, 3.8) is 0 Å². The number of nitrogens with two attached hydrogens (primary N) is 1. The fraction of sp³-hybridized carbons (Fsp3) is 0.375. The minimum Gasteiger partial charge on any atom is -0.477 e. The highest BCUT2D eigenvalue weighted by atomic mass is 16.5. The average Bonchev–Trinajstić information content (AvgIpc) is 2.51. The smallest absolute Gasteiger partial charge is 0.234 e. The normalized spacial score (nSPS) is 12.0. The molecule has 1 atom stereocenters. The molecule has 1 aromatic heterocycles. The molecular formula is C16H22N4O. The summed E-state index contributed by atoms with van der Waals surface area (Å²) in [6, 6.07) is 8.02. The quantitative estimate of drug-likeness (QED) is 0.827. The molecule has 5 nitrogen and oxygen atoms in total. The number of anilines is 2. The highest BCUT2D eigenvalue weighted by Gasteiger charge is 2.14. The van der Waals surface area contributed by atoms with Gasteiger partial charge in [-0.2, -0.15) is 4.98 Å². The SMILES string of the molecule is CCCOc1cncc(N(C)C(C)c2cccc(N)c2)n1. The van der Waals surface area contributed by atoms with E-state index >= 15 is 0 Å². The van der Waals surface area contributed by atoms with E-state index in [4.69, 9.17) is 10.5 Å². The zero-order valence-electron chi connectivity index (χ0n) is 12.8. The van der Waals surface area contributed by atoms with Crippen LogP contribution in [0.3, 0.4) is 0 Å². The zero-order valence-corrected chi connectivity index (χ0v) is 12.8. The molecule has 0 radical (unpaired) electrons. The number of hydrogen-bond acceptors (Lipinski definition) is 5. The molecule has 0 aliphatic carbocycles. The third-order valence-corrected chi connectivity index (χ3v) is 3.39. The van der Waals surface area contributed by atoms with E-state index in [-0.39, 0.29) is 6.04 Å². The van der Waals surface area contributed by atoms with Gasteiger partial charge < -0.3 is 15.4 Å². The van der Waals surface area contributed by atoms with Crippen LogP contribution in [0.15, 0.2) is 36.7 Å². The van der Waals surface area contributed by atoms with Gasteiger partial charge in [-0.05, 0) is 31.0 Å². The maximum atomic E-state index is 5.85. The van der Waals surface area contributed by atoms with Gasteiger partial charge in [0, 0.05) is 12.7 Å². The van der Waals surface area contributed by atoms with Gasteiger partial charge in [0.05, 0.1) is 25.0 Å². The lowest BCUT2D eigenvalue weighted by Gasteiger charge is -2.26. The fourth-order valence-electron chi connectivity index (χ4n) is 2.03. The van der Waals surface area contributed by atoms with E-state index < -0.39 is 0 Å². The summed E-state index contributed by atoms with van der Waals surface area (Å²) < 4.78 is 5.53. The number of nitrogens with zero attached hydrogens (tertiary/aromatic N) is 3. The van der Waals surface area contributed by atoms with Crippen molar-refractivity contribution in [1.82, 2.24) is 9.97 Å². The Balaban J connectivity index is 2.17. The highest BCUT2D eigenvalue weighted by molar-refractivity contribution is 5.46. The van der Waals surface area contributed by atoms with Crippen molar-refractivity contribution in [3.8, 4) is 5.88 Å². The van der Waals surface area contributed by atoms with Crippen LogP contribution in [0.2, 0.25) is 0 Å². The van der Waals surface area contributed by atoms with Gasteiger partial charge in [-0.1, -0.05) is 19.1 Å². The van der Waals surface area contributed by atoms with Gasteiger partial charge in [0.15, 0.2) is 5.82 Å². The number of hydrogen-bond donors (Lipinski definition) is 1. The summed E-state index contributed by atoms with van der Waals surface area (Å²) in [6.07, 6.45) is 4.32. The lowest BCUT2D eigenvalue weighted by Crippen LogP contribution is -2.23. The summed E-state index contributed by atoms with van der Waals surface area (Å²) in [4.78, 5) is 10.7. The van der Waals surface area contributed by atoms with Crippen LogP contribution in [-0.2, 0) is 0 Å². The molecule has 1 aromatic carbocycles. The Morgan fingerprint density at radius 2 is 2.14 bits per heavy atom. The molecular weight excluding hydrogens is 264 g/mol. The third-order valence-electron chi connectivity index (χ3n) is 3.39. The van der Waals surface area contributed by atoms with Crippen LogP contribution >= 0.6 is 0 Å². The van der Waals surface area contributed by atoms with Crippen molar-refractivity contribution in [1.29, 1.82) is 0 Å². The van der Waals surface area contributed by atoms with Gasteiger partial charge >= 0.3 is 0 Å². The number of nitrogen functional groups attached to an aromatic ring is 1. The van der Waals surface area contributed by atoms with Crippen LogP contribution < -0.4 is 15.4 Å². The average molecular weight is 286 g/mol. The molecule has 1 unspecified atom stereocenters. The Morgan fingerprint density at radius 3 is 2.86 bits per heavy atom. The molecule has 5 heteroatoms. The van der Waals surface area contributed by atoms with Gasteiger partial charge in [-0.15, -0.1) is 0 Å². The Hall–Kier alpha value is -2.30. The predicted octanol–water partition coefficient (Wildman–Crippen LogP) is 3.05. The molecule has 2 rings (SSSR count). The first-order valence-electron chi connectivity index (χ1n) is 7.15. The summed E-state index contributed by atoms with van der Waals surface area (Å²) >= 11 is 0. The van der Waals surface area contributed by atoms with Crippen LogP contribution in [0.25, 0.3) is 0 Å². The molecule has 2 aromatic rings. The van der Waals surface area contributed by atoms with Crippen molar-refractivity contribution in [2.24, 2.45) is 0 Å². The molecule has 21 heavy (non-hydrogen) atoms. The first-order valence-corrected chi connectivity index (χ1v) is 7.15. The van der Waals surface area contributed by atoms with Crippen LogP contribution in [0, 0.1) is 0 Å². The Bertz CT molecular complexity index is 588. The standard InChI is InChI=1S/C16H22N4O/c1-4-8-21-16-11-18-10-15(19-16)20(3)12(2)13-6-5-7-14(17)9-13/h5-7,9-12H,4,8,17H2,1-3H3. The summed E-state index contributed by atoms with van der Waals surface area (Å²) in [7, 11) is 1.99. The largest absolute Gasteiger partial charge is 0.477 e. The Labute approximate surface area is 125 Å². The van der Waals surface area contributed by atoms with Crippen molar-refractivity contribution in [2.45, 2.75) is 26.3 Å². The topological polar surface area (TPSA) is 64.3 Å². The maximum Gasteiger partial charge on any atom is 0.234 e. The molecule has 0 amide bonds. The van der Waals surface area contributed by atoms with Gasteiger partial charge in [0.2, 0.25) is 5.88 Å². The second-order valence-electron chi connectivity index (χ2n) is 5.02. The zero-order chi connectivity index (χ0) is 15.2. The van der Waals surface area contributed by atoms with Gasteiger partial charge in [-0.25, -0.2) is 0 Å². The van der Waals surface area contributed by atoms with E-state index in [0.717, 1.165) is 23.5 Å². The monoisotopic (exact) mass is 286 g/mol.